The largest absolute Gasteiger partial charge is 0.361 e. The van der Waals surface area contributed by atoms with E-state index in [0.717, 1.165) is 61.7 Å². The number of aromatic nitrogens is 5. The van der Waals surface area contributed by atoms with Gasteiger partial charge in [-0.25, -0.2) is 0 Å². The second-order valence-corrected chi connectivity index (χ2v) is 9.40. The molecule has 6 aromatic rings. The van der Waals surface area contributed by atoms with Gasteiger partial charge in [-0.15, -0.1) is 6.42 Å². The molecule has 0 aliphatic rings. The molecule has 0 unspecified atom stereocenters. The molecule has 1 aromatic carbocycles. The lowest BCUT2D eigenvalue weighted by molar-refractivity contribution is 0.393. The van der Waals surface area contributed by atoms with Crippen LogP contribution in [0.2, 0.25) is 0 Å². The maximum atomic E-state index is 5.91. The third kappa shape index (κ3) is 3.60. The number of benzene rings is 1. The Bertz CT molecular complexity index is 1750. The molecule has 0 bridgehead atoms. The summed E-state index contributed by atoms with van der Waals surface area (Å²) in [5.74, 6) is 3.58. The van der Waals surface area contributed by atoms with Crippen LogP contribution >= 0.6 is 0 Å². The molecule has 0 fully saturated rings. The van der Waals surface area contributed by atoms with E-state index >= 15 is 0 Å². The van der Waals surface area contributed by atoms with Crippen LogP contribution in [-0.2, 0) is 5.54 Å². The normalized spacial score (nSPS) is 11.5. The molecule has 0 saturated heterocycles. The summed E-state index contributed by atoms with van der Waals surface area (Å²) in [5.41, 5.74) is 8.09. The van der Waals surface area contributed by atoms with Crippen LogP contribution in [0.25, 0.3) is 33.3 Å². The van der Waals surface area contributed by atoms with E-state index in [1.54, 1.807) is 0 Å². The molecule has 0 atom stereocenters. The molecule has 6 heteroatoms. The second-order valence-electron chi connectivity index (χ2n) is 9.40. The van der Waals surface area contributed by atoms with Crippen molar-refractivity contribution in [2.75, 3.05) is 0 Å². The Balaban J connectivity index is 1.73. The summed E-state index contributed by atoms with van der Waals surface area (Å²) in [7, 11) is 0. The van der Waals surface area contributed by atoms with Crippen LogP contribution in [0.5, 0.6) is 0 Å². The first kappa shape index (κ1) is 23.4. The molecule has 0 aliphatic carbocycles. The number of nitrogens with zero attached hydrogens (tertiary/aromatic N) is 5. The molecule has 5 aromatic heterocycles. The summed E-state index contributed by atoms with van der Waals surface area (Å²) in [6, 6.07) is 22.0. The van der Waals surface area contributed by atoms with Crippen molar-refractivity contribution < 1.29 is 4.52 Å². The summed E-state index contributed by atoms with van der Waals surface area (Å²) >= 11 is 0. The molecule has 0 aliphatic heterocycles. The van der Waals surface area contributed by atoms with Gasteiger partial charge in [0.1, 0.15) is 11.3 Å². The lowest BCUT2D eigenvalue weighted by atomic mass is 9.91. The minimum atomic E-state index is -0.747. The zero-order valence-electron chi connectivity index (χ0n) is 21.4. The Morgan fingerprint density at radius 1 is 0.868 bits per heavy atom. The Morgan fingerprint density at radius 3 is 2.16 bits per heavy atom. The van der Waals surface area contributed by atoms with Gasteiger partial charge in [-0.2, -0.15) is 0 Å². The molecule has 0 saturated carbocycles. The predicted molar refractivity (Wildman–Crippen MR) is 148 cm³/mol. The third-order valence-electron chi connectivity index (χ3n) is 7.14. The van der Waals surface area contributed by atoms with Gasteiger partial charge in [-0.3, -0.25) is 15.0 Å². The van der Waals surface area contributed by atoms with Gasteiger partial charge in [0.05, 0.1) is 28.1 Å². The average Bonchev–Trinajstić information content (AvgIpc) is 3.52. The number of terminal acetylenes is 1. The zero-order chi connectivity index (χ0) is 26.3. The Kier molecular flexibility index (Phi) is 5.62. The lowest BCUT2D eigenvalue weighted by Crippen LogP contribution is -2.34. The smallest absolute Gasteiger partial charge is 0.141 e. The maximum Gasteiger partial charge on any atom is 0.141 e. The van der Waals surface area contributed by atoms with Gasteiger partial charge in [0.2, 0.25) is 0 Å². The highest BCUT2D eigenvalue weighted by Crippen LogP contribution is 2.41. The van der Waals surface area contributed by atoms with E-state index in [1.807, 2.05) is 93.1 Å². The average molecular weight is 496 g/mol. The number of fused-ring (bicyclic) bond motifs is 1. The first-order valence-electron chi connectivity index (χ1n) is 12.4. The predicted octanol–water partition coefficient (Wildman–Crippen LogP) is 6.56. The van der Waals surface area contributed by atoms with E-state index in [1.165, 1.54) is 0 Å². The summed E-state index contributed by atoms with van der Waals surface area (Å²) in [6.07, 6.45) is 13.5. The number of pyridine rings is 3. The zero-order valence-corrected chi connectivity index (χ0v) is 21.4. The molecular formula is C32H25N5O. The molecule has 5 heterocycles. The van der Waals surface area contributed by atoms with Crippen LogP contribution < -0.4 is 0 Å². The minimum absolute atomic E-state index is 0.747. The minimum Gasteiger partial charge on any atom is -0.361 e. The van der Waals surface area contributed by atoms with E-state index in [4.69, 9.17) is 25.9 Å². The monoisotopic (exact) mass is 495 g/mol. The van der Waals surface area contributed by atoms with Crippen molar-refractivity contribution in [2.45, 2.75) is 26.3 Å². The highest BCUT2D eigenvalue weighted by atomic mass is 16.5. The van der Waals surface area contributed by atoms with E-state index in [-0.39, 0.29) is 0 Å². The van der Waals surface area contributed by atoms with Crippen molar-refractivity contribution in [1.29, 1.82) is 0 Å². The molecule has 0 N–H and O–H groups in total. The van der Waals surface area contributed by atoms with Gasteiger partial charge in [0, 0.05) is 52.6 Å². The molecule has 6 nitrogen and oxygen atoms in total. The SMILES string of the molecule is C#Cc1ccccc1-c1cn(C(C)(c2ccccn2)c2ccccn2)c2cc(-c3c(C)noc3C)cnc12. The third-order valence-corrected chi connectivity index (χ3v) is 7.14. The van der Waals surface area contributed by atoms with Gasteiger partial charge in [0.25, 0.3) is 0 Å². The fraction of sp³-hybridized carbons (Fsp3) is 0.125. The van der Waals surface area contributed by atoms with Gasteiger partial charge < -0.3 is 9.09 Å². The molecule has 0 amide bonds. The second kappa shape index (κ2) is 9.13. The van der Waals surface area contributed by atoms with E-state index in [9.17, 15) is 0 Å². The van der Waals surface area contributed by atoms with E-state index in [0.29, 0.717) is 0 Å². The molecule has 0 spiro atoms. The highest BCUT2D eigenvalue weighted by molar-refractivity contribution is 5.96. The molecule has 6 rings (SSSR count). The van der Waals surface area contributed by atoms with Crippen molar-refractivity contribution in [3.8, 4) is 34.6 Å². The van der Waals surface area contributed by atoms with Crippen molar-refractivity contribution in [1.82, 2.24) is 24.7 Å². The van der Waals surface area contributed by atoms with Gasteiger partial charge >= 0.3 is 0 Å². The van der Waals surface area contributed by atoms with Crippen LogP contribution in [0.15, 0.2) is 96.0 Å². The molecular weight excluding hydrogens is 470 g/mol. The van der Waals surface area contributed by atoms with Crippen molar-refractivity contribution >= 4 is 11.0 Å². The Hall–Kier alpha value is -5.02. The van der Waals surface area contributed by atoms with Crippen LogP contribution in [0, 0.1) is 26.2 Å². The first-order chi connectivity index (χ1) is 18.5. The van der Waals surface area contributed by atoms with Crippen LogP contribution in [0.1, 0.15) is 35.3 Å². The first-order valence-corrected chi connectivity index (χ1v) is 12.4. The summed E-state index contributed by atoms with van der Waals surface area (Å²) < 4.78 is 7.69. The van der Waals surface area contributed by atoms with Gasteiger partial charge in [0.15, 0.2) is 0 Å². The quantitative estimate of drug-likeness (QED) is 0.253. The number of hydrogen-bond donors (Lipinski definition) is 0. The lowest BCUT2D eigenvalue weighted by Gasteiger charge is -2.31. The number of aryl methyl sites for hydroxylation is 2. The van der Waals surface area contributed by atoms with Crippen LogP contribution in [-0.4, -0.2) is 24.7 Å². The molecule has 38 heavy (non-hydrogen) atoms. The maximum absolute atomic E-state index is 5.91. The van der Waals surface area contributed by atoms with Crippen molar-refractivity contribution in [3.05, 3.63) is 120 Å². The summed E-state index contributed by atoms with van der Waals surface area (Å²) in [6.45, 7) is 5.99. The number of rotatable bonds is 5. The molecule has 184 valence electrons. The van der Waals surface area contributed by atoms with Crippen molar-refractivity contribution in [2.24, 2.45) is 0 Å². The van der Waals surface area contributed by atoms with E-state index in [2.05, 4.69) is 34.8 Å². The molecule has 0 radical (unpaired) electrons. The van der Waals surface area contributed by atoms with Crippen LogP contribution in [0.3, 0.4) is 0 Å². The van der Waals surface area contributed by atoms with Crippen molar-refractivity contribution in [3.63, 3.8) is 0 Å². The van der Waals surface area contributed by atoms with Crippen LogP contribution in [0.4, 0.5) is 0 Å². The summed E-state index contributed by atoms with van der Waals surface area (Å²) in [4.78, 5) is 14.6. The summed E-state index contributed by atoms with van der Waals surface area (Å²) in [5, 5.41) is 4.16. The fourth-order valence-corrected chi connectivity index (χ4v) is 5.23. The Labute approximate surface area is 221 Å². The topological polar surface area (TPSA) is 69.6 Å². The highest BCUT2D eigenvalue weighted by Gasteiger charge is 2.36. The standard InChI is InChI=1S/C32H25N5O/c1-5-23-12-6-7-13-25(23)26-20-37(27-18-24(19-35-31(26)27)30-21(2)36-38-22(30)3)32(4,28-14-8-10-16-33-28)29-15-9-11-17-34-29/h1,6-20H,2-4H3. The Morgan fingerprint density at radius 2 is 1.55 bits per heavy atom. The fourth-order valence-electron chi connectivity index (χ4n) is 5.23. The number of hydrogen-bond acceptors (Lipinski definition) is 5. The van der Waals surface area contributed by atoms with E-state index < -0.39 is 5.54 Å². The van der Waals surface area contributed by atoms with Gasteiger partial charge in [-0.05, 0) is 57.2 Å². The van der Waals surface area contributed by atoms with Gasteiger partial charge in [-0.1, -0.05) is 41.4 Å².